The average Bonchev–Trinajstić information content (AvgIpc) is 2.94. The SMILES string of the molecule is C[C@H](N[C@@](C)(CO)C1CC1)c1ccco1. The van der Waals surface area contributed by atoms with Crippen molar-refractivity contribution in [3.05, 3.63) is 24.2 Å². The minimum atomic E-state index is -0.161. The maximum atomic E-state index is 9.45. The fourth-order valence-electron chi connectivity index (χ4n) is 2.12. The van der Waals surface area contributed by atoms with Crippen LogP contribution >= 0.6 is 0 Å². The van der Waals surface area contributed by atoms with E-state index in [2.05, 4.69) is 19.2 Å². The Balaban J connectivity index is 2.00. The van der Waals surface area contributed by atoms with Gasteiger partial charge in [0.1, 0.15) is 5.76 Å². The first-order valence-corrected chi connectivity index (χ1v) is 5.57. The Labute approximate surface area is 90.5 Å². The zero-order valence-corrected chi connectivity index (χ0v) is 9.36. The van der Waals surface area contributed by atoms with Crippen LogP contribution in [0.2, 0.25) is 0 Å². The molecular weight excluding hydrogens is 190 g/mol. The van der Waals surface area contributed by atoms with Crippen molar-refractivity contribution in [3.8, 4) is 0 Å². The van der Waals surface area contributed by atoms with Crippen LogP contribution in [-0.4, -0.2) is 17.3 Å². The van der Waals surface area contributed by atoms with E-state index >= 15 is 0 Å². The first kappa shape index (κ1) is 10.7. The van der Waals surface area contributed by atoms with Crippen molar-refractivity contribution in [2.75, 3.05) is 6.61 Å². The summed E-state index contributed by atoms with van der Waals surface area (Å²) < 4.78 is 5.34. The van der Waals surface area contributed by atoms with E-state index in [1.165, 1.54) is 12.8 Å². The lowest BCUT2D eigenvalue weighted by Crippen LogP contribution is -2.48. The fraction of sp³-hybridized carbons (Fsp3) is 0.667. The number of aliphatic hydroxyl groups is 1. The Kier molecular flexibility index (Phi) is 2.85. The van der Waals surface area contributed by atoms with Gasteiger partial charge in [0.2, 0.25) is 0 Å². The number of hydrogen-bond donors (Lipinski definition) is 2. The monoisotopic (exact) mass is 209 g/mol. The molecule has 0 bridgehead atoms. The van der Waals surface area contributed by atoms with Crippen molar-refractivity contribution in [2.45, 2.75) is 38.3 Å². The molecule has 2 rings (SSSR count). The molecule has 1 aromatic rings. The summed E-state index contributed by atoms with van der Waals surface area (Å²) in [6.45, 7) is 4.34. The van der Waals surface area contributed by atoms with Crippen LogP contribution in [0.5, 0.6) is 0 Å². The quantitative estimate of drug-likeness (QED) is 0.780. The minimum Gasteiger partial charge on any atom is -0.468 e. The molecular formula is C12H19NO2. The number of furan rings is 1. The summed E-state index contributed by atoms with van der Waals surface area (Å²) in [4.78, 5) is 0. The highest BCUT2D eigenvalue weighted by atomic mass is 16.3. The van der Waals surface area contributed by atoms with Gasteiger partial charge in [-0.2, -0.15) is 0 Å². The van der Waals surface area contributed by atoms with Crippen molar-refractivity contribution >= 4 is 0 Å². The van der Waals surface area contributed by atoms with Gasteiger partial charge in [-0.1, -0.05) is 0 Å². The minimum absolute atomic E-state index is 0.151. The zero-order valence-electron chi connectivity index (χ0n) is 9.36. The lowest BCUT2D eigenvalue weighted by atomic mass is 9.95. The second-order valence-electron chi connectivity index (χ2n) is 4.73. The van der Waals surface area contributed by atoms with Gasteiger partial charge in [-0.25, -0.2) is 0 Å². The van der Waals surface area contributed by atoms with Gasteiger partial charge in [0.25, 0.3) is 0 Å². The molecule has 3 nitrogen and oxygen atoms in total. The van der Waals surface area contributed by atoms with Gasteiger partial charge in [-0.15, -0.1) is 0 Å². The number of aliphatic hydroxyl groups excluding tert-OH is 1. The van der Waals surface area contributed by atoms with Gasteiger partial charge >= 0.3 is 0 Å². The Morgan fingerprint density at radius 1 is 1.67 bits per heavy atom. The van der Waals surface area contributed by atoms with Crippen LogP contribution < -0.4 is 5.32 Å². The topological polar surface area (TPSA) is 45.4 Å². The molecule has 0 spiro atoms. The van der Waals surface area contributed by atoms with E-state index in [0.29, 0.717) is 5.92 Å². The standard InChI is InChI=1S/C12H19NO2/c1-9(11-4-3-7-15-11)13-12(2,8-14)10-5-6-10/h3-4,7,9-10,13-14H,5-6,8H2,1-2H3/t9-,12-/m0/s1. The van der Waals surface area contributed by atoms with E-state index in [4.69, 9.17) is 4.42 Å². The molecule has 84 valence electrons. The molecule has 15 heavy (non-hydrogen) atoms. The van der Waals surface area contributed by atoms with Crippen LogP contribution in [0.25, 0.3) is 0 Å². The predicted molar refractivity (Wildman–Crippen MR) is 58.5 cm³/mol. The van der Waals surface area contributed by atoms with E-state index in [1.54, 1.807) is 6.26 Å². The molecule has 1 aromatic heterocycles. The Morgan fingerprint density at radius 3 is 2.87 bits per heavy atom. The van der Waals surface area contributed by atoms with E-state index in [-0.39, 0.29) is 18.2 Å². The molecule has 0 amide bonds. The lowest BCUT2D eigenvalue weighted by Gasteiger charge is -2.31. The van der Waals surface area contributed by atoms with Gasteiger partial charge in [-0.05, 0) is 44.7 Å². The van der Waals surface area contributed by atoms with Crippen molar-refractivity contribution in [3.63, 3.8) is 0 Å². The van der Waals surface area contributed by atoms with Crippen molar-refractivity contribution < 1.29 is 9.52 Å². The lowest BCUT2D eigenvalue weighted by molar-refractivity contribution is 0.140. The average molecular weight is 209 g/mol. The summed E-state index contributed by atoms with van der Waals surface area (Å²) in [5, 5.41) is 12.9. The third-order valence-electron chi connectivity index (χ3n) is 3.32. The molecule has 0 aromatic carbocycles. The third-order valence-corrected chi connectivity index (χ3v) is 3.32. The molecule has 1 heterocycles. The zero-order chi connectivity index (χ0) is 10.9. The summed E-state index contributed by atoms with van der Waals surface area (Å²) >= 11 is 0. The van der Waals surface area contributed by atoms with Crippen LogP contribution in [0.3, 0.4) is 0 Å². The number of nitrogens with one attached hydrogen (secondary N) is 1. The van der Waals surface area contributed by atoms with Crippen LogP contribution in [0.1, 0.15) is 38.5 Å². The summed E-state index contributed by atoms with van der Waals surface area (Å²) in [5.41, 5.74) is -0.161. The number of hydrogen-bond acceptors (Lipinski definition) is 3. The van der Waals surface area contributed by atoms with Crippen molar-refractivity contribution in [2.24, 2.45) is 5.92 Å². The highest BCUT2D eigenvalue weighted by molar-refractivity contribution is 5.07. The molecule has 0 saturated heterocycles. The molecule has 1 saturated carbocycles. The van der Waals surface area contributed by atoms with Gasteiger partial charge < -0.3 is 9.52 Å². The van der Waals surface area contributed by atoms with Gasteiger partial charge in [0.15, 0.2) is 0 Å². The number of rotatable bonds is 5. The summed E-state index contributed by atoms with van der Waals surface area (Å²) in [5.74, 6) is 1.54. The first-order valence-electron chi connectivity index (χ1n) is 5.57. The largest absolute Gasteiger partial charge is 0.468 e. The summed E-state index contributed by atoms with van der Waals surface area (Å²) in [7, 11) is 0. The second-order valence-corrected chi connectivity index (χ2v) is 4.73. The van der Waals surface area contributed by atoms with Crippen LogP contribution in [0, 0.1) is 5.92 Å². The predicted octanol–water partition coefficient (Wildman–Crippen LogP) is 2.09. The Morgan fingerprint density at radius 2 is 2.40 bits per heavy atom. The van der Waals surface area contributed by atoms with E-state index in [0.717, 1.165) is 5.76 Å². The maximum absolute atomic E-state index is 9.45. The Bertz CT molecular complexity index is 305. The molecule has 0 radical (unpaired) electrons. The summed E-state index contributed by atoms with van der Waals surface area (Å²) in [6, 6.07) is 4.00. The highest BCUT2D eigenvalue weighted by Crippen LogP contribution is 2.40. The van der Waals surface area contributed by atoms with Crippen LogP contribution in [0.15, 0.2) is 22.8 Å². The molecule has 1 aliphatic carbocycles. The van der Waals surface area contributed by atoms with Gasteiger partial charge in [-0.3, -0.25) is 5.32 Å². The highest BCUT2D eigenvalue weighted by Gasteiger charge is 2.41. The summed E-state index contributed by atoms with van der Waals surface area (Å²) in [6.07, 6.45) is 4.12. The smallest absolute Gasteiger partial charge is 0.120 e. The molecule has 3 heteroatoms. The van der Waals surface area contributed by atoms with Crippen LogP contribution in [-0.2, 0) is 0 Å². The molecule has 0 unspecified atom stereocenters. The van der Waals surface area contributed by atoms with E-state index < -0.39 is 0 Å². The first-order chi connectivity index (χ1) is 7.15. The van der Waals surface area contributed by atoms with Crippen molar-refractivity contribution in [1.82, 2.24) is 5.32 Å². The maximum Gasteiger partial charge on any atom is 0.120 e. The Hall–Kier alpha value is -0.800. The molecule has 2 atom stereocenters. The fourth-order valence-corrected chi connectivity index (χ4v) is 2.12. The molecule has 1 fully saturated rings. The van der Waals surface area contributed by atoms with Gasteiger partial charge in [0, 0.05) is 5.54 Å². The molecule has 0 aliphatic heterocycles. The molecule has 1 aliphatic rings. The van der Waals surface area contributed by atoms with E-state index in [1.807, 2.05) is 12.1 Å². The second kappa shape index (κ2) is 3.99. The van der Waals surface area contributed by atoms with E-state index in [9.17, 15) is 5.11 Å². The van der Waals surface area contributed by atoms with Crippen LogP contribution in [0.4, 0.5) is 0 Å². The van der Waals surface area contributed by atoms with Crippen molar-refractivity contribution in [1.29, 1.82) is 0 Å². The normalized spacial score (nSPS) is 22.3. The third kappa shape index (κ3) is 2.24. The van der Waals surface area contributed by atoms with Gasteiger partial charge in [0.05, 0.1) is 18.9 Å². The molecule has 2 N–H and O–H groups in total.